The molecule has 3 rings (SSSR count). The van der Waals surface area contributed by atoms with E-state index >= 15 is 0 Å². The van der Waals surface area contributed by atoms with Crippen molar-refractivity contribution >= 4 is 58.6 Å². The fraction of sp³-hybridized carbons (Fsp3) is 0.276. The number of carbonyl (C=O) groups is 4. The molecule has 8 N–H and O–H groups in total. The van der Waals surface area contributed by atoms with Crippen molar-refractivity contribution < 1.29 is 28.7 Å². The molecule has 0 aliphatic carbocycles. The standard InChI is InChI=1S/C29H35N7O6.ClH/c1-41-24-15-21(14-20-10-5-6-11-22(20)24)35-27(39)23(12-7-13-32-28(30)31)36-26(38)17-33-25(37)16-34-29(40)42-18-19-8-3-2-4-9-19;/h2-6,8-11,14-15,23H,7,12-13,16-18H2,1H3,(H,33,37)(H,34,40)(H,35,39)(H,36,38)(H4,30,31,32);1H/t23-;/m0./s1. The normalized spacial score (nSPS) is 10.8. The Morgan fingerprint density at radius 2 is 1.60 bits per heavy atom. The number of alkyl carbamates (subject to hydrolysis) is 1. The minimum absolute atomic E-state index is 0. The van der Waals surface area contributed by atoms with E-state index in [0.29, 0.717) is 17.9 Å². The molecule has 3 aromatic carbocycles. The molecular weight excluding hydrogens is 578 g/mol. The summed E-state index contributed by atoms with van der Waals surface area (Å²) in [5.74, 6) is -1.19. The molecule has 4 amide bonds. The van der Waals surface area contributed by atoms with E-state index in [1.54, 1.807) is 24.3 Å². The zero-order valence-electron chi connectivity index (χ0n) is 23.6. The Balaban J connectivity index is 0.00000645. The molecule has 0 heterocycles. The van der Waals surface area contributed by atoms with Gasteiger partial charge >= 0.3 is 6.09 Å². The topological polar surface area (TPSA) is 199 Å². The SMILES string of the molecule is COc1cc(NC(=O)[C@H](CCCN=C(N)N)NC(=O)CNC(=O)CNC(=O)OCc2ccccc2)cc2ccccc12.Cl. The zero-order valence-corrected chi connectivity index (χ0v) is 24.4. The van der Waals surface area contributed by atoms with Crippen molar-refractivity contribution in [3.05, 3.63) is 72.3 Å². The molecule has 0 bridgehead atoms. The van der Waals surface area contributed by atoms with Crippen molar-refractivity contribution in [2.45, 2.75) is 25.5 Å². The summed E-state index contributed by atoms with van der Waals surface area (Å²) < 4.78 is 10.5. The first-order valence-corrected chi connectivity index (χ1v) is 13.2. The predicted octanol–water partition coefficient (Wildman–Crippen LogP) is 1.79. The number of ether oxygens (including phenoxy) is 2. The fourth-order valence-corrected chi connectivity index (χ4v) is 3.93. The molecule has 0 aromatic heterocycles. The van der Waals surface area contributed by atoms with Crippen LogP contribution in [0, 0.1) is 0 Å². The number of benzene rings is 3. The Labute approximate surface area is 255 Å². The van der Waals surface area contributed by atoms with Crippen LogP contribution in [0.5, 0.6) is 5.75 Å². The highest BCUT2D eigenvalue weighted by Crippen LogP contribution is 2.29. The lowest BCUT2D eigenvalue weighted by Gasteiger charge is -2.19. The van der Waals surface area contributed by atoms with Crippen molar-refractivity contribution in [2.24, 2.45) is 16.5 Å². The van der Waals surface area contributed by atoms with Gasteiger partial charge in [-0.3, -0.25) is 19.4 Å². The lowest BCUT2D eigenvalue weighted by molar-refractivity contribution is -0.128. The lowest BCUT2D eigenvalue weighted by Crippen LogP contribution is -2.48. The quantitative estimate of drug-likeness (QED) is 0.0897. The van der Waals surface area contributed by atoms with Crippen molar-refractivity contribution in [1.29, 1.82) is 0 Å². The number of nitrogens with two attached hydrogens (primary N) is 2. The molecule has 0 saturated heterocycles. The summed E-state index contributed by atoms with van der Waals surface area (Å²) in [6, 6.07) is 19.2. The number of fused-ring (bicyclic) bond motifs is 1. The third-order valence-electron chi connectivity index (χ3n) is 5.96. The van der Waals surface area contributed by atoms with Gasteiger partial charge in [0.25, 0.3) is 0 Å². The van der Waals surface area contributed by atoms with Crippen LogP contribution < -0.4 is 37.5 Å². The molecule has 0 saturated carbocycles. The van der Waals surface area contributed by atoms with Crippen LogP contribution in [0.4, 0.5) is 10.5 Å². The Morgan fingerprint density at radius 1 is 0.907 bits per heavy atom. The number of halogens is 1. The van der Waals surface area contributed by atoms with Crippen LogP contribution in [0.15, 0.2) is 71.7 Å². The fourth-order valence-electron chi connectivity index (χ4n) is 3.93. The maximum atomic E-state index is 13.2. The second kappa shape index (κ2) is 17.7. The number of methoxy groups -OCH3 is 1. The number of rotatable bonds is 14. The van der Waals surface area contributed by atoms with E-state index in [9.17, 15) is 19.2 Å². The summed E-state index contributed by atoms with van der Waals surface area (Å²) in [4.78, 5) is 53.7. The minimum atomic E-state index is -0.952. The average molecular weight is 614 g/mol. The van der Waals surface area contributed by atoms with Gasteiger partial charge in [-0.05, 0) is 29.9 Å². The van der Waals surface area contributed by atoms with Crippen molar-refractivity contribution in [3.8, 4) is 5.75 Å². The molecule has 43 heavy (non-hydrogen) atoms. The van der Waals surface area contributed by atoms with Gasteiger partial charge in [0.15, 0.2) is 5.96 Å². The first kappa shape index (κ1) is 34.2. The van der Waals surface area contributed by atoms with Gasteiger partial charge in [-0.2, -0.15) is 0 Å². The third kappa shape index (κ3) is 11.8. The van der Waals surface area contributed by atoms with E-state index in [1.807, 2.05) is 42.5 Å². The summed E-state index contributed by atoms with van der Waals surface area (Å²) >= 11 is 0. The van der Waals surface area contributed by atoms with E-state index in [4.69, 9.17) is 20.9 Å². The maximum Gasteiger partial charge on any atom is 0.407 e. The first-order valence-electron chi connectivity index (χ1n) is 13.2. The van der Waals surface area contributed by atoms with Crippen LogP contribution in [0.2, 0.25) is 0 Å². The molecule has 0 unspecified atom stereocenters. The minimum Gasteiger partial charge on any atom is -0.496 e. The number of anilines is 1. The summed E-state index contributed by atoms with van der Waals surface area (Å²) in [5, 5.41) is 11.9. The molecule has 0 fully saturated rings. The van der Waals surface area contributed by atoms with Gasteiger partial charge < -0.3 is 42.2 Å². The van der Waals surface area contributed by atoms with Crippen molar-refractivity contribution in [2.75, 3.05) is 32.1 Å². The smallest absolute Gasteiger partial charge is 0.407 e. The Bertz CT molecular complexity index is 1420. The molecule has 0 aliphatic heterocycles. The van der Waals surface area contributed by atoms with Gasteiger partial charge in [0.2, 0.25) is 17.7 Å². The summed E-state index contributed by atoms with van der Waals surface area (Å²) in [6.07, 6.45) is -0.151. The van der Waals surface area contributed by atoms with Crippen molar-refractivity contribution in [3.63, 3.8) is 0 Å². The second-order valence-corrected chi connectivity index (χ2v) is 9.15. The molecular formula is C29H36ClN7O6. The summed E-state index contributed by atoms with van der Waals surface area (Å²) in [5.41, 5.74) is 12.0. The van der Waals surface area contributed by atoms with Gasteiger partial charge in [-0.25, -0.2) is 4.79 Å². The molecule has 14 heteroatoms. The van der Waals surface area contributed by atoms with E-state index in [2.05, 4.69) is 26.3 Å². The third-order valence-corrected chi connectivity index (χ3v) is 5.96. The number of aliphatic imine (C=N–C) groups is 1. The van der Waals surface area contributed by atoms with E-state index in [1.165, 1.54) is 7.11 Å². The van der Waals surface area contributed by atoms with Crippen LogP contribution in [-0.4, -0.2) is 62.6 Å². The molecule has 230 valence electrons. The maximum absolute atomic E-state index is 13.2. The molecule has 13 nitrogen and oxygen atoms in total. The van der Waals surface area contributed by atoms with Gasteiger partial charge in [0.1, 0.15) is 24.9 Å². The van der Waals surface area contributed by atoms with Gasteiger partial charge in [0.05, 0.1) is 13.7 Å². The zero-order chi connectivity index (χ0) is 30.3. The molecule has 0 radical (unpaired) electrons. The van der Waals surface area contributed by atoms with Crippen LogP contribution in [0.1, 0.15) is 18.4 Å². The van der Waals surface area contributed by atoms with Crippen LogP contribution in [0.25, 0.3) is 10.8 Å². The Morgan fingerprint density at radius 3 is 2.33 bits per heavy atom. The van der Waals surface area contributed by atoms with Gasteiger partial charge in [-0.1, -0.05) is 54.6 Å². The van der Waals surface area contributed by atoms with Crippen LogP contribution in [0.3, 0.4) is 0 Å². The number of nitrogens with one attached hydrogen (secondary N) is 4. The average Bonchev–Trinajstić information content (AvgIpc) is 2.99. The molecule has 0 spiro atoms. The number of carbonyl (C=O) groups excluding carboxylic acids is 4. The molecule has 1 atom stereocenters. The van der Waals surface area contributed by atoms with Gasteiger partial charge in [0, 0.05) is 23.7 Å². The second-order valence-electron chi connectivity index (χ2n) is 9.15. The van der Waals surface area contributed by atoms with Crippen LogP contribution >= 0.6 is 12.4 Å². The number of nitrogens with zero attached hydrogens (tertiary/aromatic N) is 1. The highest BCUT2D eigenvalue weighted by atomic mass is 35.5. The lowest BCUT2D eigenvalue weighted by atomic mass is 10.1. The molecule has 0 aliphatic rings. The van der Waals surface area contributed by atoms with E-state index in [-0.39, 0.29) is 37.9 Å². The Hall–Kier alpha value is -5.04. The van der Waals surface area contributed by atoms with Gasteiger partial charge in [-0.15, -0.1) is 12.4 Å². The van der Waals surface area contributed by atoms with Crippen molar-refractivity contribution in [1.82, 2.24) is 16.0 Å². The highest BCUT2D eigenvalue weighted by Gasteiger charge is 2.21. The molecule has 3 aromatic rings. The van der Waals surface area contributed by atoms with Crippen LogP contribution in [-0.2, 0) is 25.7 Å². The highest BCUT2D eigenvalue weighted by molar-refractivity contribution is 6.00. The summed E-state index contributed by atoms with van der Waals surface area (Å²) in [6.45, 7) is -0.502. The number of amides is 4. The van der Waals surface area contributed by atoms with E-state index < -0.39 is 42.9 Å². The number of hydrogen-bond acceptors (Lipinski definition) is 7. The van der Waals surface area contributed by atoms with E-state index in [0.717, 1.165) is 16.3 Å². The number of hydrogen-bond donors (Lipinski definition) is 6. The monoisotopic (exact) mass is 613 g/mol. The predicted molar refractivity (Wildman–Crippen MR) is 166 cm³/mol. The largest absolute Gasteiger partial charge is 0.496 e. The first-order chi connectivity index (χ1) is 20.2. The Kier molecular flexibility index (Phi) is 14.1. The number of guanidine groups is 1. The summed E-state index contributed by atoms with van der Waals surface area (Å²) in [7, 11) is 1.54.